The van der Waals surface area contributed by atoms with Crippen molar-refractivity contribution in [3.8, 4) is 0 Å². The molecule has 4 N–H and O–H groups in total. The number of nitrogens with two attached hydrogens (primary N) is 2. The third kappa shape index (κ3) is 3.09. The van der Waals surface area contributed by atoms with Gasteiger partial charge in [0.05, 0.1) is 11.4 Å². The molecule has 0 saturated carbocycles. The predicted octanol–water partition coefficient (Wildman–Crippen LogP) is 1.93. The Morgan fingerprint density at radius 2 is 1.79 bits per heavy atom. The van der Waals surface area contributed by atoms with Gasteiger partial charge in [0.1, 0.15) is 0 Å². The number of allylic oxidation sites excluding steroid dienone is 1. The lowest BCUT2D eigenvalue weighted by atomic mass is 10.0. The van der Waals surface area contributed by atoms with E-state index in [2.05, 4.69) is 18.2 Å². The zero-order valence-corrected chi connectivity index (χ0v) is 9.17. The van der Waals surface area contributed by atoms with Crippen LogP contribution in [0.1, 0.15) is 20.8 Å². The van der Waals surface area contributed by atoms with Crippen molar-refractivity contribution in [1.29, 1.82) is 0 Å². The van der Waals surface area contributed by atoms with Crippen LogP contribution in [0.3, 0.4) is 0 Å². The highest BCUT2D eigenvalue weighted by molar-refractivity contribution is 5.58. The van der Waals surface area contributed by atoms with Crippen LogP contribution in [0.25, 0.3) is 0 Å². The lowest BCUT2D eigenvalue weighted by Gasteiger charge is -2.13. The van der Waals surface area contributed by atoms with Crippen LogP contribution in [0.15, 0.2) is 40.8 Å². The van der Waals surface area contributed by atoms with Crippen molar-refractivity contribution < 1.29 is 0 Å². The van der Waals surface area contributed by atoms with Gasteiger partial charge >= 0.3 is 0 Å². The minimum Gasteiger partial charge on any atom is -0.397 e. The van der Waals surface area contributed by atoms with E-state index in [9.17, 15) is 0 Å². The van der Waals surface area contributed by atoms with E-state index in [1.807, 2.05) is 20.8 Å². The van der Waals surface area contributed by atoms with Gasteiger partial charge in [-0.1, -0.05) is 27.0 Å². The molecule has 0 bridgehead atoms. The summed E-state index contributed by atoms with van der Waals surface area (Å²) in [6.07, 6.45) is 1.67. The second kappa shape index (κ2) is 5.27. The van der Waals surface area contributed by atoms with Gasteiger partial charge < -0.3 is 11.5 Å². The molecule has 0 aliphatic heterocycles. The minimum atomic E-state index is 0.284. The molecule has 0 atom stereocenters. The molecular weight excluding hydrogens is 174 g/mol. The van der Waals surface area contributed by atoms with Crippen LogP contribution in [-0.2, 0) is 0 Å². The van der Waals surface area contributed by atoms with E-state index < -0.39 is 0 Å². The van der Waals surface area contributed by atoms with E-state index >= 15 is 0 Å². The number of hydrogen-bond donors (Lipinski definition) is 2. The van der Waals surface area contributed by atoms with Crippen LogP contribution in [0, 0.1) is 5.92 Å². The summed E-state index contributed by atoms with van der Waals surface area (Å²) in [6, 6.07) is 0. The smallest absolute Gasteiger partial charge is 0.0904 e. The van der Waals surface area contributed by atoms with Gasteiger partial charge in [-0.15, -0.1) is 0 Å². The molecule has 0 rings (SSSR count). The molecule has 0 fully saturated rings. The number of hydrogen-bond acceptors (Lipinski definition) is 3. The molecule has 0 aromatic rings. The van der Waals surface area contributed by atoms with Gasteiger partial charge in [0.25, 0.3) is 0 Å². The van der Waals surface area contributed by atoms with E-state index in [0.29, 0.717) is 17.1 Å². The van der Waals surface area contributed by atoms with Gasteiger partial charge in [0, 0.05) is 11.9 Å². The molecule has 0 aromatic carbocycles. The molecule has 0 spiro atoms. The third-order valence-electron chi connectivity index (χ3n) is 1.86. The molecule has 78 valence electrons. The molecule has 0 aromatic heterocycles. The Hall–Kier alpha value is -1.51. The molecule has 0 heterocycles. The van der Waals surface area contributed by atoms with Crippen LogP contribution in [0.2, 0.25) is 0 Å². The van der Waals surface area contributed by atoms with Gasteiger partial charge in [-0.25, -0.2) is 0 Å². The summed E-state index contributed by atoms with van der Waals surface area (Å²) in [5, 5.41) is 0. The first-order chi connectivity index (χ1) is 6.41. The number of aliphatic imine (C=N–C) groups is 1. The lowest BCUT2D eigenvalue weighted by molar-refractivity contribution is 0.774. The maximum absolute atomic E-state index is 5.77. The summed E-state index contributed by atoms with van der Waals surface area (Å²) < 4.78 is 0. The number of rotatable bonds is 4. The van der Waals surface area contributed by atoms with Gasteiger partial charge in [0.2, 0.25) is 0 Å². The van der Waals surface area contributed by atoms with Crippen molar-refractivity contribution in [1.82, 2.24) is 0 Å². The van der Waals surface area contributed by atoms with Crippen molar-refractivity contribution in [3.63, 3.8) is 0 Å². The van der Waals surface area contributed by atoms with Crippen LogP contribution >= 0.6 is 0 Å². The average molecular weight is 193 g/mol. The first-order valence-corrected chi connectivity index (χ1v) is 4.54. The van der Waals surface area contributed by atoms with Gasteiger partial charge in [-0.2, -0.15) is 0 Å². The van der Waals surface area contributed by atoms with Crippen molar-refractivity contribution in [2.45, 2.75) is 20.8 Å². The van der Waals surface area contributed by atoms with Crippen LogP contribution in [0.5, 0.6) is 0 Å². The monoisotopic (exact) mass is 193 g/mol. The Balaban J connectivity index is 5.25. The number of nitrogens with zero attached hydrogens (tertiary/aromatic N) is 1. The Bertz CT molecular complexity index is 296. The summed E-state index contributed by atoms with van der Waals surface area (Å²) in [7, 11) is 0. The molecule has 0 saturated heterocycles. The highest BCUT2D eigenvalue weighted by atomic mass is 14.8. The molecule has 0 unspecified atom stereocenters. The maximum Gasteiger partial charge on any atom is 0.0904 e. The highest BCUT2D eigenvalue weighted by Gasteiger charge is 2.10. The van der Waals surface area contributed by atoms with Crippen molar-refractivity contribution in [3.05, 3.63) is 35.8 Å². The van der Waals surface area contributed by atoms with E-state index in [1.54, 1.807) is 6.21 Å². The summed E-state index contributed by atoms with van der Waals surface area (Å²) in [4.78, 5) is 4.16. The molecule has 3 nitrogen and oxygen atoms in total. The quantitative estimate of drug-likeness (QED) is 0.529. The summed E-state index contributed by atoms with van der Waals surface area (Å²) in [5.41, 5.74) is 13.5. The second-order valence-electron chi connectivity index (χ2n) is 3.35. The Morgan fingerprint density at radius 1 is 1.29 bits per heavy atom. The fourth-order valence-corrected chi connectivity index (χ4v) is 0.880. The Labute approximate surface area is 85.9 Å². The fraction of sp³-hybridized carbons (Fsp3) is 0.364. The molecule has 14 heavy (non-hydrogen) atoms. The van der Waals surface area contributed by atoms with Crippen LogP contribution in [-0.4, -0.2) is 6.21 Å². The summed E-state index contributed by atoms with van der Waals surface area (Å²) in [6.45, 7) is 13.4. The van der Waals surface area contributed by atoms with E-state index in [0.717, 1.165) is 5.57 Å². The normalized spacial score (nSPS) is 13.1. The first-order valence-electron chi connectivity index (χ1n) is 4.54. The Morgan fingerprint density at radius 3 is 2.07 bits per heavy atom. The van der Waals surface area contributed by atoms with Gasteiger partial charge in [-0.3, -0.25) is 4.99 Å². The maximum atomic E-state index is 5.77. The van der Waals surface area contributed by atoms with E-state index in [1.165, 1.54) is 0 Å². The fourth-order valence-electron chi connectivity index (χ4n) is 0.880. The third-order valence-corrected chi connectivity index (χ3v) is 1.86. The first kappa shape index (κ1) is 12.5. The minimum absolute atomic E-state index is 0.284. The molecule has 0 aliphatic carbocycles. The molecule has 3 heteroatoms. The van der Waals surface area contributed by atoms with E-state index in [4.69, 9.17) is 11.5 Å². The summed E-state index contributed by atoms with van der Waals surface area (Å²) in [5.74, 6) is 0.284. The Kier molecular flexibility index (Phi) is 4.70. The van der Waals surface area contributed by atoms with Crippen molar-refractivity contribution in [2.24, 2.45) is 22.4 Å². The zero-order valence-electron chi connectivity index (χ0n) is 9.17. The zero-order chi connectivity index (χ0) is 11.3. The second-order valence-corrected chi connectivity index (χ2v) is 3.35. The highest BCUT2D eigenvalue weighted by Crippen LogP contribution is 2.21. The molecule has 0 amide bonds. The van der Waals surface area contributed by atoms with E-state index in [-0.39, 0.29) is 5.92 Å². The van der Waals surface area contributed by atoms with Gasteiger partial charge in [-0.05, 0) is 18.4 Å². The largest absolute Gasteiger partial charge is 0.397 e. The van der Waals surface area contributed by atoms with Crippen molar-refractivity contribution in [2.75, 3.05) is 0 Å². The van der Waals surface area contributed by atoms with Gasteiger partial charge in [0.15, 0.2) is 0 Å². The summed E-state index contributed by atoms with van der Waals surface area (Å²) >= 11 is 0. The van der Waals surface area contributed by atoms with Crippen LogP contribution in [0.4, 0.5) is 0 Å². The van der Waals surface area contributed by atoms with Crippen LogP contribution < -0.4 is 11.5 Å². The topological polar surface area (TPSA) is 64.4 Å². The lowest BCUT2D eigenvalue weighted by Crippen LogP contribution is -2.12. The molecule has 0 aliphatic rings. The standard InChI is InChI=1S/C11H19N3/c1-6-14-11(8(4)7(2)3)10(13)9(5)12/h6-7H,4-5,12-13H2,1-3H3/b11-10+,14-6?. The average Bonchev–Trinajstić information content (AvgIpc) is 2.11. The predicted molar refractivity (Wildman–Crippen MR) is 62.7 cm³/mol. The SMILES string of the molecule is C=C(N)/C(N)=C(\N=CC)C(=C)C(C)C. The van der Waals surface area contributed by atoms with Crippen molar-refractivity contribution >= 4 is 6.21 Å². The molecule has 0 radical (unpaired) electrons. The molecular formula is C11H19N3.